The molecule has 0 saturated carbocycles. The molecule has 24 heavy (non-hydrogen) atoms. The molecule has 0 bridgehead atoms. The molecular formula is C18H27ClN2O3. The number of likely N-dealkylation sites (tertiary alicyclic amines) is 1. The predicted molar refractivity (Wildman–Crippen MR) is 96.3 cm³/mol. The van der Waals surface area contributed by atoms with E-state index >= 15 is 0 Å². The van der Waals surface area contributed by atoms with Gasteiger partial charge in [0.2, 0.25) is 0 Å². The average molecular weight is 355 g/mol. The molecule has 0 aromatic heterocycles. The van der Waals surface area contributed by atoms with Crippen LogP contribution < -0.4 is 14.8 Å². The maximum atomic E-state index is 12.8. The minimum absolute atomic E-state index is 0.00492. The minimum Gasteiger partial charge on any atom is -0.493 e. The summed E-state index contributed by atoms with van der Waals surface area (Å²) in [5.74, 6) is 1.69. The molecule has 0 unspecified atom stereocenters. The number of amides is 1. The van der Waals surface area contributed by atoms with E-state index in [1.807, 2.05) is 18.9 Å². The lowest BCUT2D eigenvalue weighted by atomic mass is 9.93. The van der Waals surface area contributed by atoms with Crippen LogP contribution in [-0.2, 0) is 0 Å². The molecule has 1 heterocycles. The van der Waals surface area contributed by atoms with Gasteiger partial charge in [0.1, 0.15) is 0 Å². The molecule has 0 atom stereocenters. The van der Waals surface area contributed by atoms with Crippen molar-refractivity contribution >= 4 is 17.5 Å². The predicted octanol–water partition coefficient (Wildman–Crippen LogP) is 3.21. The fraction of sp³-hybridized carbons (Fsp3) is 0.611. The van der Waals surface area contributed by atoms with E-state index in [-0.39, 0.29) is 5.91 Å². The molecule has 1 saturated heterocycles. The van der Waals surface area contributed by atoms with Gasteiger partial charge in [0, 0.05) is 18.7 Å². The second-order valence-corrected chi connectivity index (χ2v) is 6.46. The lowest BCUT2D eigenvalue weighted by Gasteiger charge is -2.32. The van der Waals surface area contributed by atoms with E-state index in [0.717, 1.165) is 32.5 Å². The Kier molecular flexibility index (Phi) is 7.18. The number of hydrogen-bond donors (Lipinski definition) is 1. The van der Waals surface area contributed by atoms with E-state index in [4.69, 9.17) is 21.1 Å². The molecule has 1 fully saturated rings. The maximum absolute atomic E-state index is 12.8. The van der Waals surface area contributed by atoms with Crippen molar-refractivity contribution in [1.29, 1.82) is 0 Å². The van der Waals surface area contributed by atoms with E-state index in [1.54, 1.807) is 19.2 Å². The topological polar surface area (TPSA) is 50.8 Å². The minimum atomic E-state index is 0.00492. The van der Waals surface area contributed by atoms with Gasteiger partial charge < -0.3 is 19.7 Å². The van der Waals surface area contributed by atoms with Crippen molar-refractivity contribution in [3.8, 4) is 11.5 Å². The van der Waals surface area contributed by atoms with Crippen molar-refractivity contribution in [2.45, 2.75) is 26.2 Å². The van der Waals surface area contributed by atoms with Crippen LogP contribution in [0.15, 0.2) is 12.1 Å². The molecule has 0 aliphatic carbocycles. The summed E-state index contributed by atoms with van der Waals surface area (Å²) in [5.41, 5.74) is 0.550. The van der Waals surface area contributed by atoms with Crippen molar-refractivity contribution in [2.75, 3.05) is 40.4 Å². The molecule has 5 nitrogen and oxygen atoms in total. The Labute approximate surface area is 149 Å². The summed E-state index contributed by atoms with van der Waals surface area (Å²) in [6.45, 7) is 4.99. The van der Waals surface area contributed by atoms with Crippen LogP contribution in [0.3, 0.4) is 0 Å². The Morgan fingerprint density at radius 3 is 2.67 bits per heavy atom. The second kappa shape index (κ2) is 9.14. The van der Waals surface area contributed by atoms with E-state index < -0.39 is 0 Å². The molecular weight excluding hydrogens is 328 g/mol. The summed E-state index contributed by atoms with van der Waals surface area (Å²) < 4.78 is 10.8. The fourth-order valence-electron chi connectivity index (χ4n) is 3.08. The van der Waals surface area contributed by atoms with Crippen LogP contribution >= 0.6 is 11.6 Å². The van der Waals surface area contributed by atoms with E-state index in [0.29, 0.717) is 34.6 Å². The third-order valence-corrected chi connectivity index (χ3v) is 4.75. The molecule has 1 aliphatic heterocycles. The highest BCUT2D eigenvalue weighted by atomic mass is 35.5. The van der Waals surface area contributed by atoms with Gasteiger partial charge in [-0.2, -0.15) is 0 Å². The SMILES string of the molecule is CCOc1c(Cl)cc(C(=O)N2CCC(CCNC)CC2)cc1OC. The Morgan fingerprint density at radius 1 is 1.38 bits per heavy atom. The van der Waals surface area contributed by atoms with Crippen molar-refractivity contribution in [3.63, 3.8) is 0 Å². The number of nitrogens with zero attached hydrogens (tertiary/aromatic N) is 1. The first-order valence-electron chi connectivity index (χ1n) is 8.54. The Bertz CT molecular complexity index is 557. The molecule has 1 aromatic carbocycles. The van der Waals surface area contributed by atoms with Gasteiger partial charge in [0.25, 0.3) is 5.91 Å². The number of rotatable bonds is 7. The lowest BCUT2D eigenvalue weighted by molar-refractivity contribution is 0.0686. The zero-order valence-corrected chi connectivity index (χ0v) is 15.5. The second-order valence-electron chi connectivity index (χ2n) is 6.05. The van der Waals surface area contributed by atoms with E-state index in [2.05, 4.69) is 5.32 Å². The number of halogens is 1. The molecule has 6 heteroatoms. The van der Waals surface area contributed by atoms with Gasteiger partial charge in [-0.25, -0.2) is 0 Å². The standard InChI is InChI=1S/C18H27ClN2O3/c1-4-24-17-15(19)11-14(12-16(17)23-3)18(22)21-9-6-13(7-10-21)5-8-20-2/h11-13,20H,4-10H2,1-3H3. The molecule has 0 radical (unpaired) electrons. The van der Waals surface area contributed by atoms with E-state index in [1.165, 1.54) is 6.42 Å². The number of hydrogen-bond acceptors (Lipinski definition) is 4. The highest BCUT2D eigenvalue weighted by Gasteiger charge is 2.25. The van der Waals surface area contributed by atoms with Crippen LogP contribution in [0.5, 0.6) is 11.5 Å². The highest BCUT2D eigenvalue weighted by Crippen LogP contribution is 2.37. The molecule has 0 spiro atoms. The van der Waals surface area contributed by atoms with E-state index in [9.17, 15) is 4.79 Å². The number of ether oxygens (including phenoxy) is 2. The van der Waals surface area contributed by atoms with Gasteiger partial charge >= 0.3 is 0 Å². The van der Waals surface area contributed by atoms with Crippen LogP contribution in [0.1, 0.15) is 36.5 Å². The van der Waals surface area contributed by atoms with Crippen LogP contribution in [0.25, 0.3) is 0 Å². The first-order chi connectivity index (χ1) is 11.6. The number of carbonyl (C=O) groups excluding carboxylic acids is 1. The molecule has 1 aliphatic rings. The van der Waals surface area contributed by atoms with Gasteiger partial charge in [-0.05, 0) is 57.8 Å². The van der Waals surface area contributed by atoms with Crippen LogP contribution in [0, 0.1) is 5.92 Å². The molecule has 1 amide bonds. The Morgan fingerprint density at radius 2 is 2.08 bits per heavy atom. The number of methoxy groups -OCH3 is 1. The molecule has 134 valence electrons. The van der Waals surface area contributed by atoms with Crippen LogP contribution in [0.2, 0.25) is 5.02 Å². The number of carbonyl (C=O) groups is 1. The molecule has 1 aromatic rings. The third kappa shape index (κ3) is 4.54. The smallest absolute Gasteiger partial charge is 0.254 e. The summed E-state index contributed by atoms with van der Waals surface area (Å²) >= 11 is 6.27. The van der Waals surface area contributed by atoms with Gasteiger partial charge in [0.15, 0.2) is 11.5 Å². The third-order valence-electron chi connectivity index (χ3n) is 4.47. The number of nitrogens with one attached hydrogen (secondary N) is 1. The van der Waals surface area contributed by atoms with Crippen molar-refractivity contribution < 1.29 is 14.3 Å². The summed E-state index contributed by atoms with van der Waals surface area (Å²) in [6.07, 6.45) is 3.27. The van der Waals surface area contributed by atoms with Gasteiger partial charge in [-0.3, -0.25) is 4.79 Å². The molecule has 2 rings (SSSR count). The van der Waals surface area contributed by atoms with Gasteiger partial charge in [-0.15, -0.1) is 0 Å². The summed E-state index contributed by atoms with van der Waals surface area (Å²) in [7, 11) is 3.53. The summed E-state index contributed by atoms with van der Waals surface area (Å²) in [4.78, 5) is 14.7. The largest absolute Gasteiger partial charge is 0.493 e. The normalized spacial score (nSPS) is 15.4. The van der Waals surface area contributed by atoms with Crippen molar-refractivity contribution in [2.24, 2.45) is 5.92 Å². The maximum Gasteiger partial charge on any atom is 0.254 e. The van der Waals surface area contributed by atoms with Crippen molar-refractivity contribution in [3.05, 3.63) is 22.7 Å². The first kappa shape index (κ1) is 18.9. The summed E-state index contributed by atoms with van der Waals surface area (Å²) in [5, 5.41) is 3.59. The first-order valence-corrected chi connectivity index (χ1v) is 8.92. The molecule has 1 N–H and O–H groups in total. The Hall–Kier alpha value is -1.46. The zero-order chi connectivity index (χ0) is 17.5. The van der Waals surface area contributed by atoms with Gasteiger partial charge in [0.05, 0.1) is 18.7 Å². The quantitative estimate of drug-likeness (QED) is 0.816. The van der Waals surface area contributed by atoms with Crippen LogP contribution in [-0.4, -0.2) is 51.2 Å². The summed E-state index contributed by atoms with van der Waals surface area (Å²) in [6, 6.07) is 3.39. The highest BCUT2D eigenvalue weighted by molar-refractivity contribution is 6.32. The van der Waals surface area contributed by atoms with Gasteiger partial charge in [-0.1, -0.05) is 11.6 Å². The Balaban J connectivity index is 2.06. The lowest BCUT2D eigenvalue weighted by Crippen LogP contribution is -2.39. The van der Waals surface area contributed by atoms with Crippen molar-refractivity contribution in [1.82, 2.24) is 10.2 Å². The number of piperidine rings is 1. The fourth-order valence-corrected chi connectivity index (χ4v) is 3.35. The zero-order valence-electron chi connectivity index (χ0n) is 14.7. The van der Waals surface area contributed by atoms with Crippen LogP contribution in [0.4, 0.5) is 0 Å². The average Bonchev–Trinajstić information content (AvgIpc) is 2.61. The monoisotopic (exact) mass is 354 g/mol. The number of benzene rings is 1.